The lowest BCUT2D eigenvalue weighted by Gasteiger charge is -2.13. The molecule has 0 fully saturated rings. The predicted molar refractivity (Wildman–Crippen MR) is 73.7 cm³/mol. The maximum Gasteiger partial charge on any atom is 0.0856 e. The van der Waals surface area contributed by atoms with Gasteiger partial charge in [0.25, 0.3) is 0 Å². The maximum atomic E-state index is 4.00. The standard InChI is InChI=1S/C13H14N4S/c1-14-13(10-8-15-16-17(10)2)12-7-9-5-3-4-6-11(9)18-12/h3-8,13-14H,1-2H3. The van der Waals surface area contributed by atoms with Crippen LogP contribution in [0.3, 0.4) is 0 Å². The third-order valence-corrected chi connectivity index (χ3v) is 4.24. The second-order valence-corrected chi connectivity index (χ2v) is 5.31. The van der Waals surface area contributed by atoms with Gasteiger partial charge in [0.05, 0.1) is 17.9 Å². The van der Waals surface area contributed by atoms with Gasteiger partial charge in [0.1, 0.15) is 0 Å². The van der Waals surface area contributed by atoms with Crippen LogP contribution in [-0.4, -0.2) is 22.0 Å². The van der Waals surface area contributed by atoms with Gasteiger partial charge < -0.3 is 5.32 Å². The van der Waals surface area contributed by atoms with Crippen molar-refractivity contribution in [3.63, 3.8) is 0 Å². The predicted octanol–water partition coefficient (Wildman–Crippen LogP) is 2.34. The highest BCUT2D eigenvalue weighted by Gasteiger charge is 2.18. The lowest BCUT2D eigenvalue weighted by molar-refractivity contribution is 0.604. The van der Waals surface area contributed by atoms with Crippen LogP contribution in [0.15, 0.2) is 36.5 Å². The van der Waals surface area contributed by atoms with Gasteiger partial charge in [0, 0.05) is 16.6 Å². The third kappa shape index (κ3) is 1.81. The summed E-state index contributed by atoms with van der Waals surface area (Å²) in [5.74, 6) is 0. The van der Waals surface area contributed by atoms with Crippen molar-refractivity contribution in [3.8, 4) is 0 Å². The van der Waals surface area contributed by atoms with E-state index in [1.807, 2.05) is 25.0 Å². The van der Waals surface area contributed by atoms with Crippen LogP contribution in [0.2, 0.25) is 0 Å². The number of nitrogens with zero attached hydrogens (tertiary/aromatic N) is 3. The number of benzene rings is 1. The van der Waals surface area contributed by atoms with E-state index >= 15 is 0 Å². The molecule has 1 atom stereocenters. The van der Waals surface area contributed by atoms with Crippen molar-refractivity contribution in [1.29, 1.82) is 0 Å². The van der Waals surface area contributed by atoms with E-state index in [0.29, 0.717) is 0 Å². The molecule has 0 amide bonds. The highest BCUT2D eigenvalue weighted by molar-refractivity contribution is 7.19. The Bertz CT molecular complexity index is 637. The molecular weight excluding hydrogens is 244 g/mol. The van der Waals surface area contributed by atoms with E-state index in [4.69, 9.17) is 0 Å². The van der Waals surface area contributed by atoms with E-state index in [1.54, 1.807) is 11.3 Å². The molecule has 0 aliphatic rings. The summed E-state index contributed by atoms with van der Waals surface area (Å²) in [6.07, 6.45) is 1.81. The Kier molecular flexibility index (Phi) is 2.85. The van der Waals surface area contributed by atoms with Gasteiger partial charge in [0.15, 0.2) is 0 Å². The molecule has 1 unspecified atom stereocenters. The fraction of sp³-hybridized carbons (Fsp3) is 0.231. The summed E-state index contributed by atoms with van der Waals surface area (Å²) in [6.45, 7) is 0. The van der Waals surface area contributed by atoms with E-state index in [0.717, 1.165) is 5.69 Å². The van der Waals surface area contributed by atoms with Crippen LogP contribution < -0.4 is 5.32 Å². The van der Waals surface area contributed by atoms with Crippen LogP contribution in [0, 0.1) is 0 Å². The van der Waals surface area contributed by atoms with Crippen LogP contribution in [0.1, 0.15) is 16.6 Å². The summed E-state index contributed by atoms with van der Waals surface area (Å²) >= 11 is 1.81. The topological polar surface area (TPSA) is 42.7 Å². The highest BCUT2D eigenvalue weighted by atomic mass is 32.1. The van der Waals surface area contributed by atoms with Crippen molar-refractivity contribution in [2.75, 3.05) is 7.05 Å². The van der Waals surface area contributed by atoms with Crippen molar-refractivity contribution in [1.82, 2.24) is 20.3 Å². The Labute approximate surface area is 109 Å². The third-order valence-electron chi connectivity index (χ3n) is 3.06. The molecule has 3 aromatic rings. The first-order valence-corrected chi connectivity index (χ1v) is 6.61. The minimum Gasteiger partial charge on any atom is -0.307 e. The van der Waals surface area contributed by atoms with Crippen molar-refractivity contribution in [2.24, 2.45) is 7.05 Å². The van der Waals surface area contributed by atoms with Crippen LogP contribution in [0.4, 0.5) is 0 Å². The molecule has 4 nitrogen and oxygen atoms in total. The molecule has 5 heteroatoms. The number of rotatable bonds is 3. The van der Waals surface area contributed by atoms with Gasteiger partial charge in [-0.2, -0.15) is 0 Å². The molecule has 1 N–H and O–H groups in total. The Balaban J connectivity index is 2.09. The van der Waals surface area contributed by atoms with Gasteiger partial charge in [0.2, 0.25) is 0 Å². The molecule has 2 aromatic heterocycles. The zero-order chi connectivity index (χ0) is 12.5. The molecule has 92 valence electrons. The lowest BCUT2D eigenvalue weighted by Crippen LogP contribution is -2.19. The van der Waals surface area contributed by atoms with Crippen molar-refractivity contribution < 1.29 is 0 Å². The Morgan fingerprint density at radius 2 is 2.17 bits per heavy atom. The maximum absolute atomic E-state index is 4.00. The summed E-state index contributed by atoms with van der Waals surface area (Å²) in [6, 6.07) is 10.8. The fourth-order valence-corrected chi connectivity index (χ4v) is 3.33. The molecule has 0 spiro atoms. The fourth-order valence-electron chi connectivity index (χ4n) is 2.14. The van der Waals surface area contributed by atoms with E-state index < -0.39 is 0 Å². The van der Waals surface area contributed by atoms with Gasteiger partial charge in [-0.25, -0.2) is 0 Å². The molecule has 3 rings (SSSR count). The zero-order valence-corrected chi connectivity index (χ0v) is 11.1. The van der Waals surface area contributed by atoms with E-state index in [9.17, 15) is 0 Å². The van der Waals surface area contributed by atoms with Crippen LogP contribution in [-0.2, 0) is 7.05 Å². The van der Waals surface area contributed by atoms with Crippen LogP contribution in [0.5, 0.6) is 0 Å². The minimum atomic E-state index is 0.141. The minimum absolute atomic E-state index is 0.141. The smallest absolute Gasteiger partial charge is 0.0856 e. The van der Waals surface area contributed by atoms with Crippen LogP contribution >= 0.6 is 11.3 Å². The summed E-state index contributed by atoms with van der Waals surface area (Å²) in [7, 11) is 3.88. The van der Waals surface area contributed by atoms with Crippen molar-refractivity contribution in [2.45, 2.75) is 6.04 Å². The number of thiophene rings is 1. The first kappa shape index (κ1) is 11.4. The normalized spacial score (nSPS) is 13.0. The quantitative estimate of drug-likeness (QED) is 0.784. The average molecular weight is 258 g/mol. The monoisotopic (exact) mass is 258 g/mol. The largest absolute Gasteiger partial charge is 0.307 e. The van der Waals surface area contributed by atoms with Gasteiger partial charge in [-0.05, 0) is 24.6 Å². The Hall–Kier alpha value is -1.72. The van der Waals surface area contributed by atoms with Gasteiger partial charge >= 0.3 is 0 Å². The molecule has 0 aliphatic heterocycles. The van der Waals surface area contributed by atoms with Crippen molar-refractivity contribution in [3.05, 3.63) is 47.1 Å². The van der Waals surface area contributed by atoms with E-state index in [1.165, 1.54) is 15.0 Å². The number of hydrogen-bond donors (Lipinski definition) is 1. The first-order valence-electron chi connectivity index (χ1n) is 5.80. The first-order chi connectivity index (χ1) is 8.79. The summed E-state index contributed by atoms with van der Waals surface area (Å²) in [4.78, 5) is 1.28. The molecular formula is C13H14N4S. The summed E-state index contributed by atoms with van der Waals surface area (Å²) in [5, 5.41) is 12.6. The Morgan fingerprint density at radius 3 is 2.83 bits per heavy atom. The van der Waals surface area contributed by atoms with E-state index in [-0.39, 0.29) is 6.04 Å². The zero-order valence-electron chi connectivity index (χ0n) is 10.3. The second kappa shape index (κ2) is 4.51. The molecule has 0 radical (unpaired) electrons. The average Bonchev–Trinajstić information content (AvgIpc) is 2.97. The summed E-state index contributed by atoms with van der Waals surface area (Å²) in [5.41, 5.74) is 1.07. The second-order valence-electron chi connectivity index (χ2n) is 4.19. The number of fused-ring (bicyclic) bond motifs is 1. The van der Waals surface area contributed by atoms with Gasteiger partial charge in [-0.3, -0.25) is 4.68 Å². The van der Waals surface area contributed by atoms with Crippen LogP contribution in [0.25, 0.3) is 10.1 Å². The number of aromatic nitrogens is 3. The molecule has 1 aromatic carbocycles. The highest BCUT2D eigenvalue weighted by Crippen LogP contribution is 2.32. The molecule has 0 saturated carbocycles. The molecule has 2 heterocycles. The number of hydrogen-bond acceptors (Lipinski definition) is 4. The lowest BCUT2D eigenvalue weighted by atomic mass is 10.1. The van der Waals surface area contributed by atoms with Gasteiger partial charge in [-0.15, -0.1) is 16.4 Å². The summed E-state index contributed by atoms with van der Waals surface area (Å²) < 4.78 is 3.12. The number of aryl methyl sites for hydroxylation is 1. The SMILES string of the molecule is CNC(c1cc2ccccc2s1)c1cnnn1C. The Morgan fingerprint density at radius 1 is 1.33 bits per heavy atom. The number of nitrogens with one attached hydrogen (secondary N) is 1. The van der Waals surface area contributed by atoms with Crippen molar-refractivity contribution >= 4 is 21.4 Å². The van der Waals surface area contributed by atoms with Gasteiger partial charge in [-0.1, -0.05) is 23.4 Å². The molecule has 18 heavy (non-hydrogen) atoms. The van der Waals surface area contributed by atoms with E-state index in [2.05, 4.69) is 46.0 Å². The molecule has 0 bridgehead atoms. The molecule has 0 saturated heterocycles. The molecule has 0 aliphatic carbocycles.